The van der Waals surface area contributed by atoms with Crippen LogP contribution in [0.1, 0.15) is 5.56 Å². The van der Waals surface area contributed by atoms with Gasteiger partial charge in [0.1, 0.15) is 11.6 Å². The van der Waals surface area contributed by atoms with Gasteiger partial charge in [-0.2, -0.15) is 0 Å². The van der Waals surface area contributed by atoms with E-state index in [9.17, 15) is 4.39 Å². The van der Waals surface area contributed by atoms with Gasteiger partial charge in [0.05, 0.1) is 14.2 Å². The Kier molecular flexibility index (Phi) is 9.32. The van der Waals surface area contributed by atoms with Crippen LogP contribution in [0.3, 0.4) is 0 Å². The highest BCUT2D eigenvalue weighted by atomic mass is 127. The largest absolute Gasteiger partial charge is 0.493 e. The van der Waals surface area contributed by atoms with Gasteiger partial charge in [0, 0.05) is 37.6 Å². The van der Waals surface area contributed by atoms with Crippen molar-refractivity contribution in [2.24, 2.45) is 4.99 Å². The number of ether oxygens (including phenoxy) is 3. The molecule has 0 saturated heterocycles. The zero-order valence-electron chi connectivity index (χ0n) is 17.4. The van der Waals surface area contributed by atoms with Crippen LogP contribution in [0.15, 0.2) is 65.8 Å². The lowest BCUT2D eigenvalue weighted by atomic mass is 10.2. The highest BCUT2D eigenvalue weighted by Gasteiger charge is 2.07. The van der Waals surface area contributed by atoms with Crippen LogP contribution in [0.2, 0.25) is 0 Å². The summed E-state index contributed by atoms with van der Waals surface area (Å²) >= 11 is 0. The molecule has 0 bridgehead atoms. The second kappa shape index (κ2) is 11.9. The fraction of sp³-hybridized carbons (Fsp3) is 0.182. The summed E-state index contributed by atoms with van der Waals surface area (Å²) in [5, 5.41) is 6.44. The molecule has 0 aliphatic carbocycles. The molecule has 0 atom stereocenters. The molecule has 3 rings (SSSR count). The predicted molar refractivity (Wildman–Crippen MR) is 129 cm³/mol. The van der Waals surface area contributed by atoms with Crippen LogP contribution < -0.4 is 24.8 Å². The predicted octanol–water partition coefficient (Wildman–Crippen LogP) is 4.84. The topological polar surface area (TPSA) is 77.0 Å². The lowest BCUT2D eigenvalue weighted by Gasteiger charge is -2.14. The number of methoxy groups -OCH3 is 2. The monoisotopic (exact) mass is 538 g/mol. The van der Waals surface area contributed by atoms with Crippen LogP contribution in [0, 0.1) is 5.82 Å². The molecule has 1 heterocycles. The lowest BCUT2D eigenvalue weighted by molar-refractivity contribution is 0.355. The molecular formula is C22H24FIN4O3. The molecule has 0 fully saturated rings. The van der Waals surface area contributed by atoms with E-state index in [2.05, 4.69) is 20.6 Å². The minimum absolute atomic E-state index is 0. The van der Waals surface area contributed by atoms with Gasteiger partial charge in [0.15, 0.2) is 17.5 Å². The molecule has 0 aliphatic rings. The number of nitrogens with one attached hydrogen (secondary N) is 2. The van der Waals surface area contributed by atoms with Gasteiger partial charge < -0.3 is 24.8 Å². The fourth-order valence-electron chi connectivity index (χ4n) is 2.66. The molecule has 2 N–H and O–H groups in total. The van der Waals surface area contributed by atoms with Crippen molar-refractivity contribution in [1.29, 1.82) is 0 Å². The first-order valence-corrected chi connectivity index (χ1v) is 9.19. The Morgan fingerprint density at radius 3 is 2.42 bits per heavy atom. The Balaban J connectivity index is 0.00000341. The highest BCUT2D eigenvalue weighted by Crippen LogP contribution is 2.29. The first-order valence-electron chi connectivity index (χ1n) is 9.19. The molecule has 0 spiro atoms. The summed E-state index contributed by atoms with van der Waals surface area (Å²) in [6.45, 7) is 0.495. The third-order valence-electron chi connectivity index (χ3n) is 4.17. The van der Waals surface area contributed by atoms with E-state index in [1.165, 1.54) is 12.1 Å². The smallest absolute Gasteiger partial charge is 0.219 e. The van der Waals surface area contributed by atoms with E-state index in [0.29, 0.717) is 35.6 Å². The second-order valence-electron chi connectivity index (χ2n) is 6.18. The number of rotatable bonds is 7. The number of anilines is 1. The molecule has 0 amide bonds. The Labute approximate surface area is 197 Å². The standard InChI is InChI=1S/C22H23FN4O3.HI/c1-24-22(27-17-6-9-19(28-2)20(13-17)29-3)26-14-15-10-11-25-21(12-15)30-18-7-4-16(23)5-8-18;/h4-13H,14H2,1-3H3,(H2,24,26,27);1H. The first kappa shape index (κ1) is 24.2. The average molecular weight is 538 g/mol. The Morgan fingerprint density at radius 2 is 1.74 bits per heavy atom. The third-order valence-corrected chi connectivity index (χ3v) is 4.17. The number of guanidine groups is 1. The fourth-order valence-corrected chi connectivity index (χ4v) is 2.66. The lowest BCUT2D eigenvalue weighted by Crippen LogP contribution is -2.30. The summed E-state index contributed by atoms with van der Waals surface area (Å²) < 4.78 is 29.3. The molecule has 2 aromatic carbocycles. The Bertz CT molecular complexity index is 1020. The van der Waals surface area contributed by atoms with Crippen molar-refractivity contribution in [3.8, 4) is 23.1 Å². The molecule has 0 radical (unpaired) electrons. The molecule has 0 saturated carbocycles. The summed E-state index contributed by atoms with van der Waals surface area (Å²) in [7, 11) is 4.86. The summed E-state index contributed by atoms with van der Waals surface area (Å²) in [5.41, 5.74) is 1.74. The van der Waals surface area contributed by atoms with Crippen LogP contribution >= 0.6 is 24.0 Å². The van der Waals surface area contributed by atoms with Gasteiger partial charge in [0.25, 0.3) is 0 Å². The van der Waals surface area contributed by atoms with E-state index in [1.54, 1.807) is 45.7 Å². The van der Waals surface area contributed by atoms with Crippen molar-refractivity contribution in [2.45, 2.75) is 6.54 Å². The van der Waals surface area contributed by atoms with Gasteiger partial charge in [-0.15, -0.1) is 24.0 Å². The molecule has 7 nitrogen and oxygen atoms in total. The van der Waals surface area contributed by atoms with Crippen LogP contribution in [0.25, 0.3) is 0 Å². The quantitative estimate of drug-likeness (QED) is 0.255. The highest BCUT2D eigenvalue weighted by molar-refractivity contribution is 14.0. The van der Waals surface area contributed by atoms with Crippen LogP contribution in [0.4, 0.5) is 10.1 Å². The van der Waals surface area contributed by atoms with Crippen molar-refractivity contribution in [2.75, 3.05) is 26.6 Å². The van der Waals surface area contributed by atoms with E-state index >= 15 is 0 Å². The van der Waals surface area contributed by atoms with Crippen LogP contribution in [-0.4, -0.2) is 32.2 Å². The van der Waals surface area contributed by atoms with Crippen molar-refractivity contribution in [1.82, 2.24) is 10.3 Å². The van der Waals surface area contributed by atoms with Crippen LogP contribution in [-0.2, 0) is 6.54 Å². The first-order chi connectivity index (χ1) is 14.6. The van der Waals surface area contributed by atoms with Crippen molar-refractivity contribution >= 4 is 35.6 Å². The van der Waals surface area contributed by atoms with Gasteiger partial charge in [-0.1, -0.05) is 0 Å². The molecular weight excluding hydrogens is 514 g/mol. The molecule has 0 unspecified atom stereocenters. The number of benzene rings is 2. The van der Waals surface area contributed by atoms with Gasteiger partial charge in [0.2, 0.25) is 5.88 Å². The molecule has 31 heavy (non-hydrogen) atoms. The van der Waals surface area contributed by atoms with E-state index in [1.807, 2.05) is 24.3 Å². The molecule has 0 aliphatic heterocycles. The molecule has 1 aromatic heterocycles. The summed E-state index contributed by atoms with van der Waals surface area (Å²) in [5.74, 6) is 2.47. The number of aliphatic imine (C=N–C) groups is 1. The van der Waals surface area contributed by atoms with Gasteiger partial charge in [-0.3, -0.25) is 4.99 Å². The maximum Gasteiger partial charge on any atom is 0.219 e. The number of pyridine rings is 1. The minimum atomic E-state index is -0.318. The van der Waals surface area contributed by atoms with E-state index in [-0.39, 0.29) is 29.8 Å². The summed E-state index contributed by atoms with van der Waals surface area (Å²) in [4.78, 5) is 8.43. The van der Waals surface area contributed by atoms with Crippen molar-refractivity contribution in [3.63, 3.8) is 0 Å². The third kappa shape index (κ3) is 6.99. The van der Waals surface area contributed by atoms with Crippen molar-refractivity contribution < 1.29 is 18.6 Å². The Morgan fingerprint density at radius 1 is 1.00 bits per heavy atom. The van der Waals surface area contributed by atoms with Gasteiger partial charge in [-0.05, 0) is 48.0 Å². The summed E-state index contributed by atoms with van der Waals surface area (Å²) in [6, 6.07) is 15.0. The molecule has 3 aromatic rings. The molecule has 9 heteroatoms. The Hall–Kier alpha value is -3.08. The number of nitrogens with zero attached hydrogens (tertiary/aromatic N) is 2. The SMILES string of the molecule is CN=C(NCc1ccnc(Oc2ccc(F)cc2)c1)Nc1ccc(OC)c(OC)c1.I. The molecule has 164 valence electrons. The van der Waals surface area contributed by atoms with E-state index < -0.39 is 0 Å². The van der Waals surface area contributed by atoms with Crippen molar-refractivity contribution in [3.05, 3.63) is 72.2 Å². The number of hydrogen-bond donors (Lipinski definition) is 2. The summed E-state index contributed by atoms with van der Waals surface area (Å²) in [6.07, 6.45) is 1.65. The number of hydrogen-bond acceptors (Lipinski definition) is 5. The minimum Gasteiger partial charge on any atom is -0.493 e. The normalized spacial score (nSPS) is 10.6. The average Bonchev–Trinajstić information content (AvgIpc) is 2.78. The van der Waals surface area contributed by atoms with E-state index in [0.717, 1.165) is 11.3 Å². The zero-order valence-corrected chi connectivity index (χ0v) is 19.7. The number of aromatic nitrogens is 1. The maximum atomic E-state index is 13.0. The number of halogens is 2. The van der Waals surface area contributed by atoms with Gasteiger partial charge in [-0.25, -0.2) is 9.37 Å². The second-order valence-corrected chi connectivity index (χ2v) is 6.18. The zero-order chi connectivity index (χ0) is 21.3. The van der Waals surface area contributed by atoms with E-state index in [4.69, 9.17) is 14.2 Å². The maximum absolute atomic E-state index is 13.0. The van der Waals surface area contributed by atoms with Gasteiger partial charge >= 0.3 is 0 Å². The van der Waals surface area contributed by atoms with Crippen LogP contribution in [0.5, 0.6) is 23.1 Å².